The van der Waals surface area contributed by atoms with Crippen LogP contribution in [0.4, 0.5) is 5.69 Å². The van der Waals surface area contributed by atoms with Crippen LogP contribution in [0.15, 0.2) is 40.9 Å². The van der Waals surface area contributed by atoms with Crippen LogP contribution in [0.3, 0.4) is 0 Å². The number of hydrogen-bond donors (Lipinski definition) is 1. The molecule has 1 saturated heterocycles. The third kappa shape index (κ3) is 4.08. The maximum atomic E-state index is 12.6. The lowest BCUT2D eigenvalue weighted by Crippen LogP contribution is -2.46. The molecule has 0 aromatic heterocycles. The molecule has 0 saturated carbocycles. The zero-order valence-electron chi connectivity index (χ0n) is 12.7. The Morgan fingerprint density at radius 3 is 2.22 bits per heavy atom. The molecule has 1 aromatic rings. The molecule has 0 aliphatic carbocycles. The Morgan fingerprint density at radius 2 is 1.70 bits per heavy atom. The van der Waals surface area contributed by atoms with Crippen LogP contribution in [0.2, 0.25) is 0 Å². The lowest BCUT2D eigenvalue weighted by molar-refractivity contribution is 0.222. The van der Waals surface area contributed by atoms with Crippen LogP contribution in [-0.4, -0.2) is 50.8 Å². The third-order valence-electron chi connectivity index (χ3n) is 3.58. The van der Waals surface area contributed by atoms with E-state index in [2.05, 4.69) is 10.2 Å². The Bertz CT molecular complexity index is 748. The molecule has 1 aliphatic heterocycles. The highest BCUT2D eigenvalue weighted by Gasteiger charge is 2.27. The number of nitrogens with zero attached hydrogens (tertiary/aromatic N) is 4. The minimum atomic E-state index is -3.48. The fraction of sp³-hybridized carbons (Fsp3) is 0.333. The molecule has 2 rings (SSSR count). The molecule has 0 unspecified atom stereocenters. The molecule has 0 atom stereocenters. The monoisotopic (exact) mass is 331 g/mol. The second kappa shape index (κ2) is 7.25. The number of allylic oxidation sites excluding steroid dienone is 1. The van der Waals surface area contributed by atoms with Crippen molar-refractivity contribution in [1.82, 2.24) is 9.21 Å². The summed E-state index contributed by atoms with van der Waals surface area (Å²) in [6.45, 7) is 2.40. The largest absolute Gasteiger partial charge is 0.360 e. The van der Waals surface area contributed by atoms with Gasteiger partial charge in [0.2, 0.25) is 10.0 Å². The molecule has 120 valence electrons. The number of sulfonamides is 1. The number of hydrogen-bond acceptors (Lipinski definition) is 6. The van der Waals surface area contributed by atoms with Crippen molar-refractivity contribution < 1.29 is 8.42 Å². The quantitative estimate of drug-likeness (QED) is 0.825. The lowest BCUT2D eigenvalue weighted by Gasteiger charge is -2.31. The first-order valence-corrected chi connectivity index (χ1v) is 8.47. The van der Waals surface area contributed by atoms with Gasteiger partial charge in [-0.1, -0.05) is 0 Å². The molecule has 0 radical (unpaired) electrons. The van der Waals surface area contributed by atoms with E-state index in [4.69, 9.17) is 10.5 Å². The smallest absolute Gasteiger partial charge is 0.243 e. The van der Waals surface area contributed by atoms with Crippen molar-refractivity contribution >= 4 is 15.7 Å². The van der Waals surface area contributed by atoms with Crippen LogP contribution in [0, 0.1) is 22.7 Å². The van der Waals surface area contributed by atoms with E-state index in [-0.39, 0.29) is 10.5 Å². The summed E-state index contributed by atoms with van der Waals surface area (Å²) in [5.41, 5.74) is 0.546. The highest BCUT2D eigenvalue weighted by molar-refractivity contribution is 7.89. The van der Waals surface area contributed by atoms with E-state index in [0.717, 1.165) is 13.1 Å². The fourth-order valence-electron chi connectivity index (χ4n) is 2.15. The Labute approximate surface area is 136 Å². The molecule has 23 heavy (non-hydrogen) atoms. The number of anilines is 1. The van der Waals surface area contributed by atoms with Gasteiger partial charge >= 0.3 is 0 Å². The van der Waals surface area contributed by atoms with Gasteiger partial charge in [0.05, 0.1) is 4.90 Å². The Kier molecular flexibility index (Phi) is 5.35. The van der Waals surface area contributed by atoms with Gasteiger partial charge in [0.1, 0.15) is 17.7 Å². The SMILES string of the molecule is CN1CCN(S(=O)(=O)c2ccc(NC=C(C#N)C#N)cc2)CC1. The van der Waals surface area contributed by atoms with Gasteiger partial charge in [-0.05, 0) is 31.3 Å². The second-order valence-electron chi connectivity index (χ2n) is 5.16. The minimum Gasteiger partial charge on any atom is -0.360 e. The summed E-state index contributed by atoms with van der Waals surface area (Å²) in [4.78, 5) is 2.32. The van der Waals surface area contributed by atoms with E-state index in [1.54, 1.807) is 24.3 Å². The number of benzene rings is 1. The lowest BCUT2D eigenvalue weighted by atomic mass is 10.3. The van der Waals surface area contributed by atoms with Gasteiger partial charge in [0.25, 0.3) is 0 Å². The highest BCUT2D eigenvalue weighted by atomic mass is 32.2. The van der Waals surface area contributed by atoms with Gasteiger partial charge in [-0.3, -0.25) is 0 Å². The van der Waals surface area contributed by atoms with E-state index < -0.39 is 10.0 Å². The fourth-order valence-corrected chi connectivity index (χ4v) is 3.57. The number of piperazine rings is 1. The average molecular weight is 331 g/mol. The molecule has 0 bridgehead atoms. The molecule has 7 nitrogen and oxygen atoms in total. The van der Waals surface area contributed by atoms with E-state index >= 15 is 0 Å². The van der Waals surface area contributed by atoms with E-state index in [1.165, 1.54) is 22.6 Å². The van der Waals surface area contributed by atoms with Crippen molar-refractivity contribution in [3.63, 3.8) is 0 Å². The van der Waals surface area contributed by atoms with Crippen LogP contribution in [0.25, 0.3) is 0 Å². The predicted molar refractivity (Wildman–Crippen MR) is 85.6 cm³/mol. The van der Waals surface area contributed by atoms with Crippen molar-refractivity contribution in [1.29, 1.82) is 10.5 Å². The van der Waals surface area contributed by atoms with Crippen molar-refractivity contribution in [3.8, 4) is 12.1 Å². The summed E-state index contributed by atoms with van der Waals surface area (Å²) in [6.07, 6.45) is 1.28. The topological polar surface area (TPSA) is 100 Å². The van der Waals surface area contributed by atoms with Crippen LogP contribution in [-0.2, 0) is 10.0 Å². The Morgan fingerprint density at radius 1 is 1.13 bits per heavy atom. The van der Waals surface area contributed by atoms with Crippen molar-refractivity contribution in [3.05, 3.63) is 36.0 Å². The summed E-state index contributed by atoms with van der Waals surface area (Å²) in [7, 11) is -1.52. The van der Waals surface area contributed by atoms with Gasteiger partial charge in [0, 0.05) is 38.1 Å². The van der Waals surface area contributed by atoms with E-state index in [9.17, 15) is 8.42 Å². The maximum Gasteiger partial charge on any atom is 0.243 e. The molecule has 1 aromatic carbocycles. The zero-order chi connectivity index (χ0) is 16.9. The summed E-state index contributed by atoms with van der Waals surface area (Å²) < 4.78 is 26.6. The summed E-state index contributed by atoms with van der Waals surface area (Å²) in [5.74, 6) is 0. The first-order valence-electron chi connectivity index (χ1n) is 7.03. The molecular formula is C15H17N5O2S. The first kappa shape index (κ1) is 17.0. The van der Waals surface area contributed by atoms with Crippen LogP contribution < -0.4 is 5.32 Å². The Balaban J connectivity index is 2.12. The van der Waals surface area contributed by atoms with Gasteiger partial charge in [0.15, 0.2) is 0 Å². The first-order chi connectivity index (χ1) is 11.0. The van der Waals surface area contributed by atoms with Crippen LogP contribution >= 0.6 is 0 Å². The van der Waals surface area contributed by atoms with Crippen molar-refractivity contribution in [2.75, 3.05) is 38.5 Å². The summed E-state index contributed by atoms with van der Waals surface area (Å²) >= 11 is 0. The molecule has 1 heterocycles. The van der Waals surface area contributed by atoms with Gasteiger partial charge < -0.3 is 10.2 Å². The van der Waals surface area contributed by atoms with Crippen molar-refractivity contribution in [2.45, 2.75) is 4.90 Å². The molecule has 1 aliphatic rings. The zero-order valence-corrected chi connectivity index (χ0v) is 13.5. The van der Waals surface area contributed by atoms with Gasteiger partial charge in [-0.2, -0.15) is 14.8 Å². The second-order valence-corrected chi connectivity index (χ2v) is 7.10. The van der Waals surface area contributed by atoms with Gasteiger partial charge in [-0.25, -0.2) is 8.42 Å². The number of nitriles is 2. The van der Waals surface area contributed by atoms with Crippen LogP contribution in [0.5, 0.6) is 0 Å². The summed E-state index contributed by atoms with van der Waals surface area (Å²) in [5, 5.41) is 20.1. The number of nitrogens with one attached hydrogen (secondary N) is 1. The van der Waals surface area contributed by atoms with Gasteiger partial charge in [-0.15, -0.1) is 0 Å². The molecule has 1 fully saturated rings. The number of rotatable bonds is 4. The average Bonchev–Trinajstić information content (AvgIpc) is 2.56. The third-order valence-corrected chi connectivity index (χ3v) is 5.49. The highest BCUT2D eigenvalue weighted by Crippen LogP contribution is 2.19. The predicted octanol–water partition coefficient (Wildman–Crippen LogP) is 0.966. The number of likely N-dealkylation sites (N-methyl/N-ethyl adjacent to an activating group) is 1. The van der Waals surface area contributed by atoms with Crippen LogP contribution in [0.1, 0.15) is 0 Å². The standard InChI is InChI=1S/C15H17N5O2S/c1-19-6-8-20(9-7-19)23(21,22)15-4-2-14(3-5-15)18-12-13(10-16)11-17/h2-5,12,18H,6-9H2,1H3. The van der Waals surface area contributed by atoms with E-state index in [0.29, 0.717) is 18.8 Å². The molecule has 0 spiro atoms. The van der Waals surface area contributed by atoms with Crippen molar-refractivity contribution in [2.24, 2.45) is 0 Å². The Hall–Kier alpha value is -2.39. The van der Waals surface area contributed by atoms with E-state index in [1.807, 2.05) is 7.05 Å². The molecular weight excluding hydrogens is 314 g/mol. The minimum absolute atomic E-state index is 0.0564. The summed E-state index contributed by atoms with van der Waals surface area (Å²) in [6, 6.07) is 9.71. The normalized spacial score (nSPS) is 16.1. The molecule has 0 amide bonds. The molecule has 8 heteroatoms. The maximum absolute atomic E-state index is 12.6. The molecule has 1 N–H and O–H groups in total.